The molecule has 1 saturated carbocycles. The zero-order valence-corrected chi connectivity index (χ0v) is 21.6. The van der Waals surface area contributed by atoms with Crippen LogP contribution < -0.4 is 14.8 Å². The number of hydrogen-bond acceptors (Lipinski definition) is 9. The molecule has 11 nitrogen and oxygen atoms in total. The van der Waals surface area contributed by atoms with Crippen molar-refractivity contribution in [2.75, 3.05) is 27.3 Å². The van der Waals surface area contributed by atoms with Gasteiger partial charge in [0, 0.05) is 43.5 Å². The highest BCUT2D eigenvalue weighted by molar-refractivity contribution is 5.98. The van der Waals surface area contributed by atoms with Gasteiger partial charge in [0.1, 0.15) is 17.2 Å². The van der Waals surface area contributed by atoms with E-state index < -0.39 is 5.92 Å². The van der Waals surface area contributed by atoms with Crippen molar-refractivity contribution in [1.82, 2.24) is 30.3 Å². The van der Waals surface area contributed by atoms with Crippen LogP contribution in [0, 0.1) is 5.92 Å². The van der Waals surface area contributed by atoms with Gasteiger partial charge in [-0.25, -0.2) is 4.98 Å². The molecule has 11 heteroatoms. The number of nitrogens with zero attached hydrogens (tertiary/aromatic N) is 5. The Kier molecular flexibility index (Phi) is 7.81. The molecule has 5 rings (SSSR count). The van der Waals surface area contributed by atoms with Crippen LogP contribution in [-0.4, -0.2) is 70.2 Å². The number of amides is 2. The lowest BCUT2D eigenvalue weighted by atomic mass is 9.99. The third kappa shape index (κ3) is 5.32. The van der Waals surface area contributed by atoms with Crippen LogP contribution >= 0.6 is 0 Å². The highest BCUT2D eigenvalue weighted by atomic mass is 16.5. The number of hydrogen-bond donors (Lipinski definition) is 1. The average molecular weight is 521 g/mol. The van der Waals surface area contributed by atoms with Crippen LogP contribution in [0.5, 0.6) is 11.5 Å². The summed E-state index contributed by atoms with van der Waals surface area (Å²) in [4.78, 5) is 42.1. The second kappa shape index (κ2) is 11.6. The summed E-state index contributed by atoms with van der Waals surface area (Å²) in [7, 11) is 3.10. The normalized spacial score (nSPS) is 22.2. The Labute approximate surface area is 220 Å². The first kappa shape index (κ1) is 25.6. The summed E-state index contributed by atoms with van der Waals surface area (Å²) in [6.07, 6.45) is 9.49. The van der Waals surface area contributed by atoms with Crippen LogP contribution in [-0.2, 0) is 4.79 Å². The van der Waals surface area contributed by atoms with E-state index in [0.717, 1.165) is 25.7 Å². The van der Waals surface area contributed by atoms with Crippen molar-refractivity contribution in [3.63, 3.8) is 0 Å². The summed E-state index contributed by atoms with van der Waals surface area (Å²) in [5.41, 5.74) is 0.949. The Morgan fingerprint density at radius 1 is 1.11 bits per heavy atom. The van der Waals surface area contributed by atoms with E-state index in [1.807, 2.05) is 4.90 Å². The molecule has 2 aliphatic rings. The Morgan fingerprint density at radius 2 is 1.97 bits per heavy atom. The monoisotopic (exact) mass is 520 g/mol. The van der Waals surface area contributed by atoms with Crippen molar-refractivity contribution in [2.24, 2.45) is 5.92 Å². The molecule has 200 valence electrons. The van der Waals surface area contributed by atoms with E-state index in [0.29, 0.717) is 60.4 Å². The lowest BCUT2D eigenvalue weighted by Gasteiger charge is -2.33. The maximum Gasteiger partial charge on any atom is 0.257 e. The average Bonchev–Trinajstić information content (AvgIpc) is 3.62. The summed E-state index contributed by atoms with van der Waals surface area (Å²) in [6, 6.07) is 4.84. The van der Waals surface area contributed by atoms with Gasteiger partial charge in [-0.3, -0.25) is 14.6 Å². The third-order valence-electron chi connectivity index (χ3n) is 7.37. The molecule has 2 aromatic heterocycles. The maximum absolute atomic E-state index is 14.0. The van der Waals surface area contributed by atoms with Crippen molar-refractivity contribution in [2.45, 2.75) is 50.5 Å². The van der Waals surface area contributed by atoms with Crippen molar-refractivity contribution in [1.29, 1.82) is 0 Å². The minimum atomic E-state index is -0.404. The van der Waals surface area contributed by atoms with E-state index in [1.165, 1.54) is 7.11 Å². The topological polar surface area (TPSA) is 133 Å². The van der Waals surface area contributed by atoms with Crippen molar-refractivity contribution < 1.29 is 23.6 Å². The highest BCUT2D eigenvalue weighted by Crippen LogP contribution is 2.42. The number of carbonyl (C=O) groups excluding carboxylic acids is 2. The fraction of sp³-hybridized carbons (Fsp3) is 0.481. The molecule has 1 aliphatic heterocycles. The van der Waals surface area contributed by atoms with Gasteiger partial charge in [-0.2, -0.15) is 4.98 Å². The van der Waals surface area contributed by atoms with Gasteiger partial charge >= 0.3 is 0 Å². The summed E-state index contributed by atoms with van der Waals surface area (Å²) in [6.45, 7) is 1.17. The fourth-order valence-electron chi connectivity index (χ4n) is 5.41. The van der Waals surface area contributed by atoms with E-state index >= 15 is 0 Å². The molecule has 1 saturated heterocycles. The van der Waals surface area contributed by atoms with Crippen LogP contribution in [0.1, 0.15) is 60.7 Å². The summed E-state index contributed by atoms with van der Waals surface area (Å²) in [5, 5.41) is 7.18. The van der Waals surface area contributed by atoms with Gasteiger partial charge in [-0.15, -0.1) is 0 Å². The summed E-state index contributed by atoms with van der Waals surface area (Å²) < 4.78 is 16.5. The van der Waals surface area contributed by atoms with Crippen molar-refractivity contribution in [3.8, 4) is 23.0 Å². The first-order valence-corrected chi connectivity index (χ1v) is 13.0. The smallest absolute Gasteiger partial charge is 0.257 e. The Balaban J connectivity index is 1.46. The van der Waals surface area contributed by atoms with Crippen LogP contribution in [0.4, 0.5) is 0 Å². The van der Waals surface area contributed by atoms with Crippen LogP contribution in [0.15, 0.2) is 41.3 Å². The van der Waals surface area contributed by atoms with E-state index in [9.17, 15) is 9.59 Å². The zero-order chi connectivity index (χ0) is 26.5. The molecule has 1 N–H and O–H groups in total. The summed E-state index contributed by atoms with van der Waals surface area (Å²) in [5.74, 6) is 1.03. The number of ether oxygens (including phenoxy) is 2. The number of aromatic nitrogens is 4. The van der Waals surface area contributed by atoms with Gasteiger partial charge in [-0.1, -0.05) is 18.0 Å². The molecule has 38 heavy (non-hydrogen) atoms. The molecule has 0 unspecified atom stereocenters. The maximum atomic E-state index is 14.0. The van der Waals surface area contributed by atoms with Crippen molar-refractivity contribution in [3.05, 3.63) is 48.2 Å². The molecule has 1 aliphatic carbocycles. The predicted molar refractivity (Wildman–Crippen MR) is 137 cm³/mol. The molecule has 2 amide bonds. The van der Waals surface area contributed by atoms with Crippen LogP contribution in [0.2, 0.25) is 0 Å². The van der Waals surface area contributed by atoms with Gasteiger partial charge < -0.3 is 24.2 Å². The van der Waals surface area contributed by atoms with Crippen LogP contribution in [0.25, 0.3) is 11.5 Å². The van der Waals surface area contributed by atoms with Gasteiger partial charge in [0.15, 0.2) is 0 Å². The minimum absolute atomic E-state index is 0.0486. The first-order chi connectivity index (χ1) is 18.6. The molecule has 2 fully saturated rings. The van der Waals surface area contributed by atoms with E-state index in [4.69, 9.17) is 14.0 Å². The van der Waals surface area contributed by atoms with E-state index in [2.05, 4.69) is 25.4 Å². The number of benzene rings is 1. The molecule has 3 heterocycles. The molecule has 3 aromatic rings. The first-order valence-electron chi connectivity index (χ1n) is 13.0. The largest absolute Gasteiger partial charge is 0.497 e. The van der Waals surface area contributed by atoms with Gasteiger partial charge in [-0.05, 0) is 37.8 Å². The predicted octanol–water partition coefficient (Wildman–Crippen LogP) is 3.24. The minimum Gasteiger partial charge on any atom is -0.497 e. The second-order valence-electron chi connectivity index (χ2n) is 9.66. The lowest BCUT2D eigenvalue weighted by Crippen LogP contribution is -2.47. The molecular weight excluding hydrogens is 488 g/mol. The SMILES string of the molecule is COc1ccc(C(=O)N2CCCCCCNC(=O)[C@@H]3C[C@@H](c4nc(-c5cnccn5)no4)C[C@@H]32)c(OC)c1. The Bertz CT molecular complexity index is 1270. The molecule has 1 aromatic carbocycles. The number of methoxy groups -OCH3 is 2. The molecule has 0 bridgehead atoms. The number of carbonyl (C=O) groups is 2. The molecule has 0 spiro atoms. The highest BCUT2D eigenvalue weighted by Gasteiger charge is 2.46. The second-order valence-corrected chi connectivity index (χ2v) is 9.66. The number of fused-ring (bicyclic) bond motifs is 1. The van der Waals surface area contributed by atoms with E-state index in [1.54, 1.807) is 43.9 Å². The van der Waals surface area contributed by atoms with Gasteiger partial charge in [0.2, 0.25) is 17.6 Å². The Hall–Kier alpha value is -4.02. The third-order valence-corrected chi connectivity index (χ3v) is 7.37. The summed E-state index contributed by atoms with van der Waals surface area (Å²) >= 11 is 0. The zero-order valence-electron chi connectivity index (χ0n) is 21.6. The van der Waals surface area contributed by atoms with Crippen LogP contribution in [0.3, 0.4) is 0 Å². The quantitative estimate of drug-likeness (QED) is 0.538. The van der Waals surface area contributed by atoms with Crippen molar-refractivity contribution >= 4 is 11.8 Å². The van der Waals surface area contributed by atoms with Gasteiger partial charge in [0.25, 0.3) is 5.91 Å². The fourth-order valence-corrected chi connectivity index (χ4v) is 5.41. The molecule has 0 radical (unpaired) electrons. The number of nitrogens with one attached hydrogen (secondary N) is 1. The van der Waals surface area contributed by atoms with Gasteiger partial charge in [0.05, 0.1) is 31.9 Å². The molecule has 3 atom stereocenters. The molecular formula is C27H32N6O5. The lowest BCUT2D eigenvalue weighted by molar-refractivity contribution is -0.126. The van der Waals surface area contributed by atoms with E-state index in [-0.39, 0.29) is 23.8 Å². The standard InChI is InChI=1S/C27H32N6O5/c1-36-18-7-8-19(23(15-18)37-2)27(35)33-12-6-4-3-5-9-30-25(34)20-13-17(14-22(20)33)26-31-24(32-38-26)21-16-28-10-11-29-21/h7-8,10-11,15-17,20,22H,3-6,9,12-14H2,1-2H3,(H,30,34)/t17-,20-,22+/m1/s1. The number of rotatable bonds is 5. The Morgan fingerprint density at radius 3 is 2.76 bits per heavy atom.